The molecule has 3 heterocycles. The zero-order valence-electron chi connectivity index (χ0n) is 15.7. The van der Waals surface area contributed by atoms with Crippen LogP contribution in [0.3, 0.4) is 0 Å². The van der Waals surface area contributed by atoms with Crippen LogP contribution in [-0.2, 0) is 11.3 Å². The molecule has 0 radical (unpaired) electrons. The molecule has 1 aromatic carbocycles. The molecule has 1 fully saturated rings. The van der Waals surface area contributed by atoms with Gasteiger partial charge < -0.3 is 14.2 Å². The lowest BCUT2D eigenvalue weighted by atomic mass is 10.2. The summed E-state index contributed by atoms with van der Waals surface area (Å²) in [6, 6.07) is 12.7. The average Bonchev–Trinajstić information content (AvgIpc) is 3.48. The monoisotopic (exact) mass is 378 g/mol. The number of likely N-dealkylation sites (N-methyl/N-ethyl adjacent to an activating group) is 1. The lowest BCUT2D eigenvalue weighted by Gasteiger charge is -2.27. The van der Waals surface area contributed by atoms with Crippen LogP contribution in [0.25, 0.3) is 5.69 Å². The highest BCUT2D eigenvalue weighted by Gasteiger charge is 2.36. The molecule has 1 aliphatic rings. The Hall–Kier alpha value is -3.35. The van der Waals surface area contributed by atoms with E-state index in [1.54, 1.807) is 39.9 Å². The van der Waals surface area contributed by atoms with Gasteiger partial charge in [0.15, 0.2) is 5.76 Å². The van der Waals surface area contributed by atoms with Gasteiger partial charge in [0.25, 0.3) is 5.91 Å². The molecule has 1 saturated heterocycles. The molecule has 0 unspecified atom stereocenters. The maximum atomic E-state index is 13.0. The number of furan rings is 1. The van der Waals surface area contributed by atoms with E-state index in [-0.39, 0.29) is 17.6 Å². The topological polar surface area (TPSA) is 71.6 Å². The lowest BCUT2D eigenvalue weighted by Crippen LogP contribution is -2.46. The highest BCUT2D eigenvalue weighted by Crippen LogP contribution is 2.22. The summed E-state index contributed by atoms with van der Waals surface area (Å²) in [5.41, 5.74) is 1.90. The van der Waals surface area contributed by atoms with Gasteiger partial charge in [0.2, 0.25) is 5.91 Å². The molecule has 0 aliphatic carbocycles. The number of benzene rings is 1. The molecule has 7 nitrogen and oxygen atoms in total. The predicted octanol–water partition coefficient (Wildman–Crippen LogP) is 2.73. The van der Waals surface area contributed by atoms with E-state index in [1.165, 1.54) is 6.26 Å². The largest absolute Gasteiger partial charge is 0.459 e. The molecule has 2 amide bonds. The van der Waals surface area contributed by atoms with Crippen LogP contribution in [0, 0.1) is 0 Å². The van der Waals surface area contributed by atoms with Crippen LogP contribution in [0.2, 0.25) is 0 Å². The Bertz CT molecular complexity index is 949. The van der Waals surface area contributed by atoms with Crippen LogP contribution in [0.1, 0.15) is 29.0 Å². The van der Waals surface area contributed by atoms with Crippen molar-refractivity contribution >= 4 is 11.8 Å². The fourth-order valence-electron chi connectivity index (χ4n) is 3.58. The molecule has 7 heteroatoms. The van der Waals surface area contributed by atoms with Crippen molar-refractivity contribution in [2.75, 3.05) is 13.6 Å². The molecule has 0 saturated carbocycles. The third kappa shape index (κ3) is 3.55. The maximum Gasteiger partial charge on any atom is 0.290 e. The van der Waals surface area contributed by atoms with Crippen molar-refractivity contribution in [3.8, 4) is 5.69 Å². The minimum atomic E-state index is -0.452. The third-order valence-corrected chi connectivity index (χ3v) is 4.98. The van der Waals surface area contributed by atoms with Crippen LogP contribution < -0.4 is 0 Å². The number of hydrogen-bond acceptors (Lipinski definition) is 4. The number of carbonyl (C=O) groups excluding carboxylic acids is 2. The Morgan fingerprint density at radius 1 is 1.21 bits per heavy atom. The molecule has 0 spiro atoms. The molecular weight excluding hydrogens is 356 g/mol. The van der Waals surface area contributed by atoms with E-state index in [4.69, 9.17) is 4.42 Å². The highest BCUT2D eigenvalue weighted by atomic mass is 16.3. The van der Waals surface area contributed by atoms with E-state index in [0.717, 1.165) is 17.7 Å². The summed E-state index contributed by atoms with van der Waals surface area (Å²) in [6.45, 7) is 1.00. The molecule has 0 bridgehead atoms. The van der Waals surface area contributed by atoms with E-state index < -0.39 is 6.04 Å². The zero-order valence-corrected chi connectivity index (χ0v) is 15.7. The Morgan fingerprint density at radius 2 is 2.04 bits per heavy atom. The molecule has 1 atom stereocenters. The van der Waals surface area contributed by atoms with Crippen LogP contribution >= 0.6 is 0 Å². The number of para-hydroxylation sites is 1. The first kappa shape index (κ1) is 18.0. The van der Waals surface area contributed by atoms with Gasteiger partial charge in [0.05, 0.1) is 18.1 Å². The van der Waals surface area contributed by atoms with Gasteiger partial charge in [-0.15, -0.1) is 0 Å². The predicted molar refractivity (Wildman–Crippen MR) is 103 cm³/mol. The Labute approximate surface area is 163 Å². The second-order valence-electron chi connectivity index (χ2n) is 6.96. The van der Waals surface area contributed by atoms with Crippen molar-refractivity contribution in [2.24, 2.45) is 0 Å². The van der Waals surface area contributed by atoms with Gasteiger partial charge in [-0.3, -0.25) is 9.59 Å². The van der Waals surface area contributed by atoms with E-state index in [0.29, 0.717) is 19.5 Å². The number of carbonyl (C=O) groups is 2. The summed E-state index contributed by atoms with van der Waals surface area (Å²) >= 11 is 0. The van der Waals surface area contributed by atoms with Crippen molar-refractivity contribution in [3.63, 3.8) is 0 Å². The van der Waals surface area contributed by atoms with Crippen LogP contribution in [-0.4, -0.2) is 51.0 Å². The number of hydrogen-bond donors (Lipinski definition) is 0. The van der Waals surface area contributed by atoms with Crippen molar-refractivity contribution < 1.29 is 14.0 Å². The molecule has 28 heavy (non-hydrogen) atoms. The zero-order chi connectivity index (χ0) is 19.5. The minimum absolute atomic E-state index is 0.0649. The SMILES string of the molecule is CN(Cc1cnn(-c2ccccc2)c1)C(=O)[C@@H]1CCCN1C(=O)c1ccco1. The van der Waals surface area contributed by atoms with Crippen LogP contribution in [0.5, 0.6) is 0 Å². The van der Waals surface area contributed by atoms with E-state index in [2.05, 4.69) is 5.10 Å². The number of amides is 2. The molecule has 3 aromatic rings. The fourth-order valence-corrected chi connectivity index (χ4v) is 3.58. The Kier molecular flexibility index (Phi) is 4.97. The molecule has 0 N–H and O–H groups in total. The van der Waals surface area contributed by atoms with Crippen LogP contribution in [0.4, 0.5) is 0 Å². The van der Waals surface area contributed by atoms with Gasteiger partial charge >= 0.3 is 0 Å². The van der Waals surface area contributed by atoms with Gasteiger partial charge in [-0.1, -0.05) is 18.2 Å². The summed E-state index contributed by atoms with van der Waals surface area (Å²) in [5.74, 6) is -0.0255. The summed E-state index contributed by atoms with van der Waals surface area (Å²) in [7, 11) is 1.76. The summed E-state index contributed by atoms with van der Waals surface area (Å²) < 4.78 is 7.00. The van der Waals surface area contributed by atoms with Crippen molar-refractivity contribution in [1.82, 2.24) is 19.6 Å². The van der Waals surface area contributed by atoms with Gasteiger partial charge in [-0.05, 0) is 37.1 Å². The average molecular weight is 378 g/mol. The Morgan fingerprint density at radius 3 is 2.79 bits per heavy atom. The Balaban J connectivity index is 1.43. The maximum absolute atomic E-state index is 13.0. The highest BCUT2D eigenvalue weighted by molar-refractivity contribution is 5.95. The van der Waals surface area contributed by atoms with Crippen molar-refractivity contribution in [3.05, 3.63) is 72.4 Å². The molecule has 144 valence electrons. The second-order valence-corrected chi connectivity index (χ2v) is 6.96. The van der Waals surface area contributed by atoms with E-state index >= 15 is 0 Å². The molecule has 2 aromatic heterocycles. The number of rotatable bonds is 5. The second kappa shape index (κ2) is 7.72. The van der Waals surface area contributed by atoms with Crippen molar-refractivity contribution in [2.45, 2.75) is 25.4 Å². The first-order chi connectivity index (χ1) is 13.6. The quantitative estimate of drug-likeness (QED) is 0.684. The third-order valence-electron chi connectivity index (χ3n) is 4.98. The van der Waals surface area contributed by atoms with Gasteiger partial charge in [0, 0.05) is 31.9 Å². The summed E-state index contributed by atoms with van der Waals surface area (Å²) in [5, 5.41) is 4.38. The number of likely N-dealkylation sites (tertiary alicyclic amines) is 1. The standard InChI is InChI=1S/C21H22N4O3/c1-23(14-16-13-22-25(15-16)17-7-3-2-4-8-17)20(26)18-9-5-11-24(18)21(27)19-10-6-12-28-19/h2-4,6-8,10,12-13,15,18H,5,9,11,14H2,1H3/t18-/m0/s1. The first-order valence-electron chi connectivity index (χ1n) is 9.32. The van der Waals surface area contributed by atoms with Gasteiger partial charge in [-0.2, -0.15) is 5.10 Å². The summed E-state index contributed by atoms with van der Waals surface area (Å²) in [6.07, 6.45) is 6.62. The lowest BCUT2D eigenvalue weighted by molar-refractivity contribution is -0.134. The smallest absolute Gasteiger partial charge is 0.290 e. The van der Waals surface area contributed by atoms with Gasteiger partial charge in [-0.25, -0.2) is 4.68 Å². The molecule has 1 aliphatic heterocycles. The van der Waals surface area contributed by atoms with Gasteiger partial charge in [0.1, 0.15) is 6.04 Å². The minimum Gasteiger partial charge on any atom is -0.459 e. The number of aromatic nitrogens is 2. The normalized spacial score (nSPS) is 16.3. The molecule has 4 rings (SSSR count). The first-order valence-corrected chi connectivity index (χ1v) is 9.32. The van der Waals surface area contributed by atoms with Crippen LogP contribution in [0.15, 0.2) is 65.5 Å². The molecular formula is C21H22N4O3. The fraction of sp³-hybridized carbons (Fsp3) is 0.286. The number of nitrogens with zero attached hydrogens (tertiary/aromatic N) is 4. The summed E-state index contributed by atoms with van der Waals surface area (Å²) in [4.78, 5) is 28.9. The van der Waals surface area contributed by atoms with E-state index in [1.807, 2.05) is 36.5 Å². The van der Waals surface area contributed by atoms with Crippen molar-refractivity contribution in [1.29, 1.82) is 0 Å². The van der Waals surface area contributed by atoms with E-state index in [9.17, 15) is 9.59 Å².